The first-order valence-electron chi connectivity index (χ1n) is 16.0. The zero-order chi connectivity index (χ0) is 35.1. The molecule has 8 nitrogen and oxygen atoms in total. The summed E-state index contributed by atoms with van der Waals surface area (Å²) in [4.78, 5) is 31.4. The molecule has 2 aliphatic rings. The third kappa shape index (κ3) is 8.80. The summed E-state index contributed by atoms with van der Waals surface area (Å²) in [5.41, 5.74) is 3.64. The maximum atomic E-state index is 13.6. The number of hydrogen-bond acceptors (Lipinski definition) is 8. The van der Waals surface area contributed by atoms with Crippen molar-refractivity contribution in [2.75, 3.05) is 46.4 Å². The lowest BCUT2D eigenvalue weighted by Gasteiger charge is -2.40. The number of allylic oxidation sites excluding steroid dienone is 2. The lowest BCUT2D eigenvalue weighted by atomic mass is 9.80. The van der Waals surface area contributed by atoms with Crippen molar-refractivity contribution in [1.82, 2.24) is 15.1 Å². The van der Waals surface area contributed by atoms with Crippen LogP contribution in [0.5, 0.6) is 5.75 Å². The van der Waals surface area contributed by atoms with Crippen molar-refractivity contribution >= 4 is 35.1 Å². The third-order valence-corrected chi connectivity index (χ3v) is 9.33. The number of carbonyl (C=O) groups is 2. The molecule has 1 fully saturated rings. The van der Waals surface area contributed by atoms with Gasteiger partial charge in [0.2, 0.25) is 0 Å². The highest BCUT2D eigenvalue weighted by Crippen LogP contribution is 2.43. The molecule has 0 saturated carbocycles. The number of methoxy groups -OCH3 is 1. The number of halogens is 4. The summed E-state index contributed by atoms with van der Waals surface area (Å²) in [6, 6.07) is 22.0. The number of rotatable bonds is 12. The highest BCUT2D eigenvalue weighted by molar-refractivity contribution is 6.30. The van der Waals surface area contributed by atoms with E-state index in [0.29, 0.717) is 34.4 Å². The molecular weight excluding hydrogens is 675 g/mol. The second-order valence-corrected chi connectivity index (χ2v) is 12.8. The molecule has 0 bridgehead atoms. The molecule has 0 amide bonds. The number of nitrogens with zero attached hydrogens (tertiary/aromatic N) is 2. The molecule has 1 atom stereocenters. The van der Waals surface area contributed by atoms with Crippen LogP contribution < -0.4 is 10.1 Å². The first kappa shape index (κ1) is 36.3. The van der Waals surface area contributed by atoms with Crippen LogP contribution in [0.1, 0.15) is 48.9 Å². The summed E-state index contributed by atoms with van der Waals surface area (Å²) in [5, 5.41) is 4.44. The molecular formula is C37H39Cl2F2N3O5. The van der Waals surface area contributed by atoms with E-state index in [0.717, 1.165) is 37.3 Å². The molecule has 0 radical (unpaired) electrons. The SMILES string of the molecule is COC(=O)C1=C(C)NC(C)=C(C(=O)OCCCN2CCN(C(c3ccc(Cl)cc3)c3ccc(Cl)cc3)CC2)C1c1ccccc1OC(F)F. The fraction of sp³-hybridized carbons (Fsp3) is 0.351. The Hall–Kier alpha value is -3.96. The molecule has 260 valence electrons. The van der Waals surface area contributed by atoms with Crippen LogP contribution in [-0.4, -0.2) is 74.8 Å². The molecule has 2 heterocycles. The van der Waals surface area contributed by atoms with Gasteiger partial charge in [0.15, 0.2) is 0 Å². The molecule has 1 N–H and O–H groups in total. The lowest BCUT2D eigenvalue weighted by Crippen LogP contribution is -2.48. The zero-order valence-corrected chi connectivity index (χ0v) is 29.1. The minimum absolute atomic E-state index is 0.0509. The molecule has 3 aromatic rings. The summed E-state index contributed by atoms with van der Waals surface area (Å²) in [7, 11) is 1.22. The Bertz CT molecular complexity index is 1650. The number of esters is 2. The number of alkyl halides is 2. The van der Waals surface area contributed by atoms with E-state index < -0.39 is 24.5 Å². The topological polar surface area (TPSA) is 80.3 Å². The van der Waals surface area contributed by atoms with E-state index in [2.05, 4.69) is 39.4 Å². The zero-order valence-electron chi connectivity index (χ0n) is 27.6. The van der Waals surface area contributed by atoms with Crippen molar-refractivity contribution < 1.29 is 32.6 Å². The molecule has 5 rings (SSSR count). The summed E-state index contributed by atoms with van der Waals surface area (Å²) in [6.07, 6.45) is 0.581. The second kappa shape index (κ2) is 16.6. The van der Waals surface area contributed by atoms with Crippen molar-refractivity contribution in [3.63, 3.8) is 0 Å². The average molecular weight is 715 g/mol. The normalized spacial score (nSPS) is 17.4. The standard InChI is InChI=1S/C37H39Cl2F2N3O5/c1-23-31(35(45)47-3)33(29-7-4-5-8-30(29)49-37(40)41)32(24(2)42-23)36(46)48-22-6-17-43-18-20-44(21-19-43)34(25-9-13-27(38)14-10-25)26-11-15-28(39)16-12-26/h4-5,7-16,33-34,37,42H,6,17-22H2,1-3H3. The number of dihydropyridines is 1. The Morgan fingerprint density at radius 1 is 0.837 bits per heavy atom. The van der Waals surface area contributed by atoms with Crippen LogP contribution in [0.2, 0.25) is 10.0 Å². The van der Waals surface area contributed by atoms with Gasteiger partial charge < -0.3 is 24.4 Å². The first-order chi connectivity index (χ1) is 23.6. The van der Waals surface area contributed by atoms with Gasteiger partial charge >= 0.3 is 18.6 Å². The lowest BCUT2D eigenvalue weighted by molar-refractivity contribution is -0.139. The number of benzene rings is 3. The van der Waals surface area contributed by atoms with E-state index in [9.17, 15) is 18.4 Å². The quantitative estimate of drug-likeness (QED) is 0.154. The van der Waals surface area contributed by atoms with Crippen LogP contribution in [0.15, 0.2) is 95.3 Å². The van der Waals surface area contributed by atoms with Crippen LogP contribution in [0, 0.1) is 0 Å². The smallest absolute Gasteiger partial charge is 0.387 e. The monoisotopic (exact) mass is 713 g/mol. The van der Waals surface area contributed by atoms with Crippen LogP contribution in [0.4, 0.5) is 8.78 Å². The van der Waals surface area contributed by atoms with E-state index in [1.54, 1.807) is 32.0 Å². The van der Waals surface area contributed by atoms with Crippen molar-refractivity contribution in [2.24, 2.45) is 0 Å². The van der Waals surface area contributed by atoms with Gasteiger partial charge in [-0.3, -0.25) is 4.90 Å². The summed E-state index contributed by atoms with van der Waals surface area (Å²) < 4.78 is 42.2. The minimum atomic E-state index is -3.10. The molecule has 3 aromatic carbocycles. The van der Waals surface area contributed by atoms with Gasteiger partial charge in [0.05, 0.1) is 36.8 Å². The predicted molar refractivity (Wildman–Crippen MR) is 185 cm³/mol. The number of piperazine rings is 1. The average Bonchev–Trinajstić information content (AvgIpc) is 3.08. The second-order valence-electron chi connectivity index (χ2n) is 11.9. The minimum Gasteiger partial charge on any atom is -0.466 e. The van der Waals surface area contributed by atoms with Crippen molar-refractivity contribution in [2.45, 2.75) is 38.8 Å². The fourth-order valence-electron chi connectivity index (χ4n) is 6.56. The number of ether oxygens (including phenoxy) is 3. The Kier molecular flexibility index (Phi) is 12.3. The Morgan fingerprint density at radius 3 is 1.94 bits per heavy atom. The molecule has 0 aromatic heterocycles. The number of para-hydroxylation sites is 1. The Labute approximate surface area is 295 Å². The van der Waals surface area contributed by atoms with E-state index in [1.165, 1.54) is 13.2 Å². The summed E-state index contributed by atoms with van der Waals surface area (Å²) >= 11 is 12.4. The molecule has 1 saturated heterocycles. The van der Waals surface area contributed by atoms with Crippen molar-refractivity contribution in [3.05, 3.63) is 122 Å². The maximum Gasteiger partial charge on any atom is 0.387 e. The molecule has 0 aliphatic carbocycles. The first-order valence-corrected chi connectivity index (χ1v) is 16.8. The molecule has 2 aliphatic heterocycles. The predicted octanol–water partition coefficient (Wildman–Crippen LogP) is 7.34. The van der Waals surface area contributed by atoms with Gasteiger partial charge in [-0.15, -0.1) is 0 Å². The maximum absolute atomic E-state index is 13.6. The summed E-state index contributed by atoms with van der Waals surface area (Å²) in [5.74, 6) is -2.55. The van der Waals surface area contributed by atoms with Crippen molar-refractivity contribution in [1.29, 1.82) is 0 Å². The van der Waals surface area contributed by atoms with E-state index in [1.807, 2.05) is 24.3 Å². The highest BCUT2D eigenvalue weighted by atomic mass is 35.5. The summed E-state index contributed by atoms with van der Waals surface area (Å²) in [6.45, 7) is 4.40. The molecule has 0 spiro atoms. The fourth-order valence-corrected chi connectivity index (χ4v) is 6.81. The van der Waals surface area contributed by atoms with Gasteiger partial charge in [0, 0.05) is 59.7 Å². The van der Waals surface area contributed by atoms with Gasteiger partial charge in [-0.2, -0.15) is 8.78 Å². The van der Waals surface area contributed by atoms with Gasteiger partial charge in [0.25, 0.3) is 0 Å². The number of nitrogens with one attached hydrogen (secondary N) is 1. The third-order valence-electron chi connectivity index (χ3n) is 8.83. The van der Waals surface area contributed by atoms with E-state index >= 15 is 0 Å². The van der Waals surface area contributed by atoms with Gasteiger partial charge in [-0.25, -0.2) is 9.59 Å². The highest BCUT2D eigenvalue weighted by Gasteiger charge is 2.39. The van der Waals surface area contributed by atoms with Crippen LogP contribution in [0.25, 0.3) is 0 Å². The van der Waals surface area contributed by atoms with Gasteiger partial charge in [-0.1, -0.05) is 65.7 Å². The Morgan fingerprint density at radius 2 is 1.39 bits per heavy atom. The van der Waals surface area contributed by atoms with Crippen LogP contribution in [0.3, 0.4) is 0 Å². The Balaban J connectivity index is 1.22. The largest absolute Gasteiger partial charge is 0.466 e. The molecule has 49 heavy (non-hydrogen) atoms. The number of carbonyl (C=O) groups excluding carboxylic acids is 2. The van der Waals surface area contributed by atoms with Crippen LogP contribution >= 0.6 is 23.2 Å². The van der Waals surface area contributed by atoms with E-state index in [4.69, 9.17) is 37.4 Å². The molecule has 12 heteroatoms. The number of hydrogen-bond donors (Lipinski definition) is 1. The van der Waals surface area contributed by atoms with Gasteiger partial charge in [0.1, 0.15) is 5.75 Å². The molecule has 1 unspecified atom stereocenters. The van der Waals surface area contributed by atoms with Crippen LogP contribution in [-0.2, 0) is 19.1 Å². The van der Waals surface area contributed by atoms with Crippen molar-refractivity contribution in [3.8, 4) is 5.75 Å². The van der Waals surface area contributed by atoms with E-state index in [-0.39, 0.29) is 35.1 Å². The van der Waals surface area contributed by atoms with Gasteiger partial charge in [-0.05, 0) is 61.7 Å².